The molecule has 2 aromatic heterocycles. The van der Waals surface area contributed by atoms with Gasteiger partial charge in [-0.3, -0.25) is 9.59 Å². The number of rotatable bonds is 8. The van der Waals surface area contributed by atoms with Gasteiger partial charge in [0.05, 0.1) is 36.4 Å². The number of aldehydes is 2. The number of fused-ring (bicyclic) bond motifs is 1. The minimum atomic E-state index is 0.418. The van der Waals surface area contributed by atoms with E-state index in [0.29, 0.717) is 39.7 Å². The highest BCUT2D eigenvalue weighted by atomic mass is 35.5. The number of H-pyrrole nitrogens is 2. The molecule has 2 N–H and O–H groups in total. The van der Waals surface area contributed by atoms with Crippen LogP contribution in [0.15, 0.2) is 30.3 Å². The van der Waals surface area contributed by atoms with Crippen molar-refractivity contribution < 1.29 is 19.1 Å². The molecule has 0 fully saturated rings. The van der Waals surface area contributed by atoms with Crippen LogP contribution in [-0.2, 0) is 12.8 Å². The van der Waals surface area contributed by atoms with Crippen LogP contribution >= 0.6 is 11.6 Å². The average Bonchev–Trinajstić information content (AvgIpc) is 3.35. The molecule has 0 saturated carbocycles. The van der Waals surface area contributed by atoms with Crippen molar-refractivity contribution >= 4 is 35.1 Å². The number of carbonyl (C=O) groups excluding carboxylic acids is 2. The maximum Gasteiger partial charge on any atom is 0.166 e. The molecule has 0 unspecified atom stereocenters. The van der Waals surface area contributed by atoms with E-state index in [1.165, 1.54) is 7.11 Å². The maximum atomic E-state index is 12.0. The quantitative estimate of drug-likeness (QED) is 0.317. The molecule has 2 heterocycles. The summed E-state index contributed by atoms with van der Waals surface area (Å²) in [5, 5.41) is 1.42. The Morgan fingerprint density at radius 1 is 0.970 bits per heavy atom. The molecule has 4 aromatic rings. The number of nitrogens with one attached hydrogen (secondary N) is 2. The third-order valence-electron chi connectivity index (χ3n) is 6.14. The zero-order chi connectivity index (χ0) is 23.7. The van der Waals surface area contributed by atoms with E-state index in [9.17, 15) is 9.59 Å². The molecule has 0 atom stereocenters. The smallest absolute Gasteiger partial charge is 0.166 e. The fraction of sp³-hybridized carbons (Fsp3) is 0.231. The summed E-state index contributed by atoms with van der Waals surface area (Å²) in [6, 6.07) is 9.27. The van der Waals surface area contributed by atoms with E-state index in [1.807, 2.05) is 31.2 Å². The first kappa shape index (κ1) is 22.7. The van der Waals surface area contributed by atoms with Crippen LogP contribution in [0.4, 0.5) is 0 Å². The van der Waals surface area contributed by atoms with Gasteiger partial charge in [-0.1, -0.05) is 30.7 Å². The van der Waals surface area contributed by atoms with Gasteiger partial charge in [-0.05, 0) is 42.2 Å². The van der Waals surface area contributed by atoms with E-state index < -0.39 is 0 Å². The number of carbonyl (C=O) groups is 2. The number of hydrogen-bond acceptors (Lipinski definition) is 4. The van der Waals surface area contributed by atoms with Crippen LogP contribution in [-0.4, -0.2) is 36.8 Å². The molecule has 0 aliphatic rings. The predicted molar refractivity (Wildman–Crippen MR) is 130 cm³/mol. The number of benzene rings is 2. The third kappa shape index (κ3) is 3.80. The Morgan fingerprint density at radius 2 is 1.67 bits per heavy atom. The lowest BCUT2D eigenvalue weighted by atomic mass is 9.97. The van der Waals surface area contributed by atoms with Crippen molar-refractivity contribution in [2.75, 3.05) is 14.2 Å². The monoisotopic (exact) mass is 464 g/mol. The zero-order valence-electron chi connectivity index (χ0n) is 19.0. The lowest BCUT2D eigenvalue weighted by molar-refractivity contribution is 0.111. The van der Waals surface area contributed by atoms with Crippen LogP contribution in [0.5, 0.6) is 11.5 Å². The predicted octanol–water partition coefficient (Wildman–Crippen LogP) is 5.92. The summed E-state index contributed by atoms with van der Waals surface area (Å²) in [7, 11) is 3.11. The first-order valence-electron chi connectivity index (χ1n) is 10.6. The Morgan fingerprint density at radius 3 is 2.24 bits per heavy atom. The number of halogens is 1. The molecule has 4 rings (SSSR count). The van der Waals surface area contributed by atoms with Crippen LogP contribution in [0.1, 0.15) is 50.3 Å². The molecule has 0 radical (unpaired) electrons. The van der Waals surface area contributed by atoms with Gasteiger partial charge in [0.2, 0.25) is 0 Å². The van der Waals surface area contributed by atoms with Crippen molar-refractivity contribution in [1.29, 1.82) is 0 Å². The van der Waals surface area contributed by atoms with Crippen molar-refractivity contribution in [2.24, 2.45) is 0 Å². The maximum absolute atomic E-state index is 12.0. The van der Waals surface area contributed by atoms with Gasteiger partial charge in [-0.15, -0.1) is 0 Å². The second kappa shape index (κ2) is 9.16. The highest BCUT2D eigenvalue weighted by Crippen LogP contribution is 2.43. The van der Waals surface area contributed by atoms with Crippen molar-refractivity contribution in [3.05, 3.63) is 69.1 Å². The van der Waals surface area contributed by atoms with Crippen LogP contribution in [0.25, 0.3) is 22.0 Å². The molecule has 33 heavy (non-hydrogen) atoms. The van der Waals surface area contributed by atoms with Crippen LogP contribution in [0, 0.1) is 6.92 Å². The van der Waals surface area contributed by atoms with Crippen LogP contribution in [0.2, 0.25) is 5.02 Å². The van der Waals surface area contributed by atoms with Gasteiger partial charge >= 0.3 is 0 Å². The molecule has 7 heteroatoms. The second-order valence-electron chi connectivity index (χ2n) is 7.82. The standard InChI is InChI=1S/C26H25ClN2O4/c1-5-17-14(2)21(13-31)28-19(17)10-20-24(15-6-8-16(27)9-7-15)25-23(33-4)11-22(32-3)18(12-30)26(25)29-20/h6-9,11-13,28-29H,5,10H2,1-4H3. The minimum absolute atomic E-state index is 0.418. The summed E-state index contributed by atoms with van der Waals surface area (Å²) in [6.45, 7) is 4.02. The number of aromatic amines is 2. The number of hydrogen-bond donors (Lipinski definition) is 2. The normalized spacial score (nSPS) is 11.1. The molecule has 0 aliphatic carbocycles. The first-order valence-corrected chi connectivity index (χ1v) is 11.0. The highest BCUT2D eigenvalue weighted by Gasteiger charge is 2.24. The molecule has 0 bridgehead atoms. The molecule has 0 amide bonds. The van der Waals surface area contributed by atoms with Crippen molar-refractivity contribution in [3.8, 4) is 22.6 Å². The highest BCUT2D eigenvalue weighted by molar-refractivity contribution is 6.30. The third-order valence-corrected chi connectivity index (χ3v) is 6.40. The summed E-state index contributed by atoms with van der Waals surface area (Å²) in [5.41, 5.74) is 7.38. The molecule has 2 aromatic carbocycles. The zero-order valence-corrected chi connectivity index (χ0v) is 19.7. The van der Waals surface area contributed by atoms with E-state index in [1.54, 1.807) is 13.2 Å². The molecular formula is C26H25ClN2O4. The topological polar surface area (TPSA) is 84.2 Å². The Kier molecular flexibility index (Phi) is 6.29. The summed E-state index contributed by atoms with van der Waals surface area (Å²) in [6.07, 6.45) is 2.93. The lowest BCUT2D eigenvalue weighted by Gasteiger charge is -2.11. The van der Waals surface area contributed by atoms with Crippen molar-refractivity contribution in [3.63, 3.8) is 0 Å². The number of ether oxygens (including phenoxy) is 2. The molecule has 0 saturated heterocycles. The summed E-state index contributed by atoms with van der Waals surface area (Å²) in [5.74, 6) is 1.02. The Balaban J connectivity index is 2.05. The van der Waals surface area contributed by atoms with Crippen LogP contribution < -0.4 is 9.47 Å². The van der Waals surface area contributed by atoms with E-state index in [4.69, 9.17) is 21.1 Å². The van der Waals surface area contributed by atoms with Crippen LogP contribution in [0.3, 0.4) is 0 Å². The fourth-order valence-electron chi connectivity index (χ4n) is 4.55. The molecule has 170 valence electrons. The van der Waals surface area contributed by atoms with E-state index in [2.05, 4.69) is 16.9 Å². The number of aromatic nitrogens is 2. The SMILES string of the molecule is CCc1c(Cc2[nH]c3c(C=O)c(OC)cc(OC)c3c2-c2ccc(Cl)cc2)[nH]c(C=O)c1C. The van der Waals surface area contributed by atoms with Gasteiger partial charge in [-0.2, -0.15) is 0 Å². The lowest BCUT2D eigenvalue weighted by Crippen LogP contribution is -1.96. The fourth-order valence-corrected chi connectivity index (χ4v) is 4.68. The Labute approximate surface area is 196 Å². The van der Waals surface area contributed by atoms with Gasteiger partial charge < -0.3 is 19.4 Å². The van der Waals surface area contributed by atoms with E-state index in [0.717, 1.165) is 58.0 Å². The molecule has 0 spiro atoms. The van der Waals surface area contributed by atoms with Gasteiger partial charge in [0.1, 0.15) is 11.5 Å². The van der Waals surface area contributed by atoms with Gasteiger partial charge in [0, 0.05) is 34.5 Å². The Bertz CT molecular complexity index is 1350. The van der Waals surface area contributed by atoms with E-state index >= 15 is 0 Å². The minimum Gasteiger partial charge on any atom is -0.496 e. The van der Waals surface area contributed by atoms with E-state index in [-0.39, 0.29) is 0 Å². The molecule has 6 nitrogen and oxygen atoms in total. The summed E-state index contributed by atoms with van der Waals surface area (Å²) >= 11 is 6.15. The van der Waals surface area contributed by atoms with Crippen molar-refractivity contribution in [1.82, 2.24) is 9.97 Å². The molecular weight excluding hydrogens is 440 g/mol. The second-order valence-corrected chi connectivity index (χ2v) is 8.25. The summed E-state index contributed by atoms with van der Waals surface area (Å²) < 4.78 is 11.2. The van der Waals surface area contributed by atoms with Gasteiger partial charge in [0.25, 0.3) is 0 Å². The average molecular weight is 465 g/mol. The number of methoxy groups -OCH3 is 2. The summed E-state index contributed by atoms with van der Waals surface area (Å²) in [4.78, 5) is 30.3. The Hall–Kier alpha value is -3.51. The van der Waals surface area contributed by atoms with Crippen molar-refractivity contribution in [2.45, 2.75) is 26.7 Å². The van der Waals surface area contributed by atoms with Gasteiger partial charge in [0.15, 0.2) is 12.6 Å². The largest absolute Gasteiger partial charge is 0.496 e. The van der Waals surface area contributed by atoms with Gasteiger partial charge in [-0.25, -0.2) is 0 Å². The first-order chi connectivity index (χ1) is 16.0. The molecule has 0 aliphatic heterocycles.